The molecule has 1 aliphatic carbocycles. The Morgan fingerprint density at radius 1 is 1.10 bits per heavy atom. The predicted octanol–water partition coefficient (Wildman–Crippen LogP) is 3.35. The third kappa shape index (κ3) is 2.20. The van der Waals surface area contributed by atoms with Crippen LogP contribution in [0, 0.1) is 5.92 Å². The van der Waals surface area contributed by atoms with Gasteiger partial charge >= 0.3 is 0 Å². The number of rotatable bonds is 3. The van der Waals surface area contributed by atoms with E-state index in [9.17, 15) is 0 Å². The van der Waals surface area contributed by atoms with E-state index in [1.165, 1.54) is 16.7 Å². The van der Waals surface area contributed by atoms with Crippen LogP contribution < -0.4 is 10.5 Å². The molecule has 0 saturated carbocycles. The molecular weight excluding hydrogens is 246 g/mol. The molecule has 2 N–H and O–H groups in total. The number of fused-ring (bicyclic) bond motifs is 1. The predicted molar refractivity (Wildman–Crippen MR) is 82.1 cm³/mol. The van der Waals surface area contributed by atoms with Gasteiger partial charge in [0.05, 0.1) is 7.11 Å². The first-order chi connectivity index (χ1) is 9.85. The summed E-state index contributed by atoms with van der Waals surface area (Å²) in [5, 5.41) is 0. The second kappa shape index (κ2) is 5.68. The lowest BCUT2D eigenvalue weighted by atomic mass is 9.71. The van der Waals surface area contributed by atoms with Crippen molar-refractivity contribution in [3.05, 3.63) is 65.2 Å². The van der Waals surface area contributed by atoms with Crippen LogP contribution in [0.3, 0.4) is 0 Å². The zero-order chi connectivity index (χ0) is 13.9. The van der Waals surface area contributed by atoms with E-state index in [2.05, 4.69) is 48.5 Å². The maximum Gasteiger partial charge on any atom is 0.122 e. The minimum absolute atomic E-state index is 0.389. The van der Waals surface area contributed by atoms with Crippen LogP contribution in [-0.2, 0) is 6.42 Å². The van der Waals surface area contributed by atoms with Crippen LogP contribution in [0.15, 0.2) is 48.5 Å². The summed E-state index contributed by atoms with van der Waals surface area (Å²) in [6.45, 7) is 0.732. The molecule has 2 unspecified atom stereocenters. The summed E-state index contributed by atoms with van der Waals surface area (Å²) in [6.07, 6.45) is 2.19. The summed E-state index contributed by atoms with van der Waals surface area (Å²) >= 11 is 0. The molecule has 0 fully saturated rings. The molecule has 2 atom stereocenters. The van der Waals surface area contributed by atoms with Crippen molar-refractivity contribution in [2.75, 3.05) is 13.7 Å². The maximum absolute atomic E-state index is 6.03. The number of ether oxygens (including phenoxy) is 1. The number of methoxy groups -OCH3 is 1. The number of nitrogens with two attached hydrogens (primary N) is 1. The number of hydrogen-bond donors (Lipinski definition) is 1. The molecule has 0 radical (unpaired) electrons. The summed E-state index contributed by atoms with van der Waals surface area (Å²) in [7, 11) is 1.75. The molecule has 0 amide bonds. The highest BCUT2D eigenvalue weighted by atomic mass is 16.5. The van der Waals surface area contributed by atoms with Gasteiger partial charge in [0.15, 0.2) is 0 Å². The molecule has 2 aromatic rings. The van der Waals surface area contributed by atoms with Crippen molar-refractivity contribution in [2.24, 2.45) is 11.7 Å². The van der Waals surface area contributed by atoms with Crippen LogP contribution in [0.25, 0.3) is 0 Å². The van der Waals surface area contributed by atoms with Crippen LogP contribution in [0.2, 0.25) is 0 Å². The normalized spacial score (nSPS) is 21.3. The van der Waals surface area contributed by atoms with Gasteiger partial charge < -0.3 is 10.5 Å². The SMILES string of the molecule is COc1cccc2c1CCC(CN)C2c1ccccc1. The topological polar surface area (TPSA) is 35.2 Å². The van der Waals surface area contributed by atoms with Crippen molar-refractivity contribution in [1.82, 2.24) is 0 Å². The first-order valence-corrected chi connectivity index (χ1v) is 7.26. The van der Waals surface area contributed by atoms with Crippen molar-refractivity contribution < 1.29 is 4.74 Å². The Balaban J connectivity index is 2.12. The van der Waals surface area contributed by atoms with Gasteiger partial charge in [-0.3, -0.25) is 0 Å². The molecule has 0 heterocycles. The molecule has 0 spiro atoms. The van der Waals surface area contributed by atoms with Crippen molar-refractivity contribution in [1.29, 1.82) is 0 Å². The van der Waals surface area contributed by atoms with Gasteiger partial charge in [-0.2, -0.15) is 0 Å². The number of benzene rings is 2. The van der Waals surface area contributed by atoms with Crippen LogP contribution in [-0.4, -0.2) is 13.7 Å². The lowest BCUT2D eigenvalue weighted by Gasteiger charge is -2.34. The zero-order valence-corrected chi connectivity index (χ0v) is 11.9. The molecule has 0 saturated heterocycles. The summed E-state index contributed by atoms with van der Waals surface area (Å²) in [6, 6.07) is 17.1. The molecule has 0 aromatic heterocycles. The molecule has 2 heteroatoms. The van der Waals surface area contributed by atoms with Gasteiger partial charge in [0.25, 0.3) is 0 Å². The first-order valence-electron chi connectivity index (χ1n) is 7.26. The van der Waals surface area contributed by atoms with Crippen LogP contribution in [0.4, 0.5) is 0 Å². The van der Waals surface area contributed by atoms with Crippen molar-refractivity contribution in [2.45, 2.75) is 18.8 Å². The second-order valence-corrected chi connectivity index (χ2v) is 5.45. The molecule has 20 heavy (non-hydrogen) atoms. The van der Waals surface area contributed by atoms with Gasteiger partial charge in [-0.1, -0.05) is 42.5 Å². The molecule has 0 aliphatic heterocycles. The van der Waals surface area contributed by atoms with Gasteiger partial charge in [0, 0.05) is 5.92 Å². The summed E-state index contributed by atoms with van der Waals surface area (Å²) in [4.78, 5) is 0. The summed E-state index contributed by atoms with van der Waals surface area (Å²) < 4.78 is 5.53. The van der Waals surface area contributed by atoms with Crippen LogP contribution in [0.5, 0.6) is 5.75 Å². The Morgan fingerprint density at radius 2 is 1.90 bits per heavy atom. The van der Waals surface area contributed by atoms with Crippen LogP contribution >= 0.6 is 0 Å². The van der Waals surface area contributed by atoms with Gasteiger partial charge in [0.1, 0.15) is 5.75 Å². The first kappa shape index (κ1) is 13.2. The smallest absolute Gasteiger partial charge is 0.122 e. The van der Waals surface area contributed by atoms with E-state index < -0.39 is 0 Å². The van der Waals surface area contributed by atoms with Gasteiger partial charge in [-0.05, 0) is 48.1 Å². The Morgan fingerprint density at radius 3 is 2.60 bits per heavy atom. The van der Waals surface area contributed by atoms with E-state index >= 15 is 0 Å². The van der Waals surface area contributed by atoms with Crippen LogP contribution in [0.1, 0.15) is 29.0 Å². The second-order valence-electron chi connectivity index (χ2n) is 5.45. The molecule has 0 bridgehead atoms. The summed E-state index contributed by atoms with van der Waals surface area (Å²) in [5.41, 5.74) is 10.1. The zero-order valence-electron chi connectivity index (χ0n) is 11.9. The molecular formula is C18H21NO. The Kier molecular flexibility index (Phi) is 3.75. The summed E-state index contributed by atoms with van der Waals surface area (Å²) in [5.74, 6) is 1.91. The van der Waals surface area contributed by atoms with Gasteiger partial charge in [-0.25, -0.2) is 0 Å². The highest BCUT2D eigenvalue weighted by Gasteiger charge is 2.31. The fourth-order valence-corrected chi connectivity index (χ4v) is 3.45. The quantitative estimate of drug-likeness (QED) is 0.925. The monoisotopic (exact) mass is 267 g/mol. The standard InChI is InChI=1S/C18H21NO/c1-20-17-9-5-8-16-15(17)11-10-14(12-19)18(16)13-6-3-2-4-7-13/h2-9,14,18H,10-12,19H2,1H3. The number of hydrogen-bond acceptors (Lipinski definition) is 2. The minimum Gasteiger partial charge on any atom is -0.496 e. The fourth-order valence-electron chi connectivity index (χ4n) is 3.45. The van der Waals surface area contributed by atoms with Crippen molar-refractivity contribution in [3.63, 3.8) is 0 Å². The fraction of sp³-hybridized carbons (Fsp3) is 0.333. The lowest BCUT2D eigenvalue weighted by molar-refractivity contribution is 0.383. The maximum atomic E-state index is 6.03. The molecule has 3 rings (SSSR count). The van der Waals surface area contributed by atoms with Gasteiger partial charge in [0.2, 0.25) is 0 Å². The van der Waals surface area contributed by atoms with E-state index in [4.69, 9.17) is 10.5 Å². The Bertz CT molecular complexity index is 579. The van der Waals surface area contributed by atoms with E-state index in [0.29, 0.717) is 11.8 Å². The molecule has 1 aliphatic rings. The third-order valence-corrected chi connectivity index (χ3v) is 4.42. The van der Waals surface area contributed by atoms with E-state index in [0.717, 1.165) is 25.1 Å². The molecule has 104 valence electrons. The van der Waals surface area contributed by atoms with Crippen molar-refractivity contribution >= 4 is 0 Å². The Hall–Kier alpha value is -1.80. The average molecular weight is 267 g/mol. The van der Waals surface area contributed by atoms with E-state index in [1.54, 1.807) is 7.11 Å². The highest BCUT2D eigenvalue weighted by molar-refractivity contribution is 5.48. The average Bonchev–Trinajstić information content (AvgIpc) is 2.53. The lowest BCUT2D eigenvalue weighted by Crippen LogP contribution is -2.28. The highest BCUT2D eigenvalue weighted by Crippen LogP contribution is 2.43. The van der Waals surface area contributed by atoms with Crippen molar-refractivity contribution in [3.8, 4) is 5.75 Å². The molecule has 2 nitrogen and oxygen atoms in total. The van der Waals surface area contributed by atoms with Gasteiger partial charge in [-0.15, -0.1) is 0 Å². The Labute approximate surface area is 120 Å². The van der Waals surface area contributed by atoms with E-state index in [1.807, 2.05) is 0 Å². The third-order valence-electron chi connectivity index (χ3n) is 4.42. The minimum atomic E-state index is 0.389. The van der Waals surface area contributed by atoms with E-state index in [-0.39, 0.29) is 0 Å². The largest absolute Gasteiger partial charge is 0.496 e. The molecule has 2 aromatic carbocycles.